The summed E-state index contributed by atoms with van der Waals surface area (Å²) in [6.45, 7) is 0. The molecular weight excluding hydrogens is 342 g/mol. The number of aromatic hydroxyl groups is 1. The zero-order chi connectivity index (χ0) is 18.3. The Kier molecular flexibility index (Phi) is 2.61. The van der Waals surface area contributed by atoms with E-state index < -0.39 is 6.23 Å². The SMILES string of the molecule is COC1NC(=O)c2c1c1c3ccccc3[nH]c1c1[nH]c3ccc(O)cc3c21. The second-order valence-corrected chi connectivity index (χ2v) is 6.90. The summed E-state index contributed by atoms with van der Waals surface area (Å²) < 4.78 is 5.59. The Balaban J connectivity index is 1.97. The van der Waals surface area contributed by atoms with Gasteiger partial charge in [0.1, 0.15) is 5.75 Å². The van der Waals surface area contributed by atoms with Crippen molar-refractivity contribution in [3.63, 3.8) is 0 Å². The number of ether oxygens (including phenoxy) is 1. The normalized spacial score (nSPS) is 16.6. The average molecular weight is 357 g/mol. The summed E-state index contributed by atoms with van der Waals surface area (Å²) in [4.78, 5) is 19.8. The molecule has 3 aromatic carbocycles. The number of carbonyl (C=O) groups excluding carboxylic acids is 1. The molecular formula is C21H15N3O3. The van der Waals surface area contributed by atoms with Crippen LogP contribution in [-0.4, -0.2) is 28.1 Å². The zero-order valence-corrected chi connectivity index (χ0v) is 14.4. The maximum Gasteiger partial charge on any atom is 0.254 e. The van der Waals surface area contributed by atoms with E-state index in [1.54, 1.807) is 19.2 Å². The molecule has 0 spiro atoms. The fourth-order valence-corrected chi connectivity index (χ4v) is 4.43. The molecule has 0 bridgehead atoms. The Morgan fingerprint density at radius 3 is 2.52 bits per heavy atom. The van der Waals surface area contributed by atoms with Crippen LogP contribution in [0.15, 0.2) is 42.5 Å². The number of aromatic amines is 2. The van der Waals surface area contributed by atoms with E-state index in [1.165, 1.54) is 0 Å². The maximum absolute atomic E-state index is 12.9. The summed E-state index contributed by atoms with van der Waals surface area (Å²) in [6.07, 6.45) is -0.513. The second kappa shape index (κ2) is 4.81. The van der Waals surface area contributed by atoms with Crippen LogP contribution in [0.1, 0.15) is 22.1 Å². The van der Waals surface area contributed by atoms with E-state index in [1.807, 2.05) is 30.3 Å². The Labute approximate surface area is 152 Å². The number of carbonyl (C=O) groups is 1. The molecule has 0 fully saturated rings. The van der Waals surface area contributed by atoms with Gasteiger partial charge >= 0.3 is 0 Å². The largest absolute Gasteiger partial charge is 0.508 e. The summed E-state index contributed by atoms with van der Waals surface area (Å²) in [7, 11) is 1.59. The predicted molar refractivity (Wildman–Crippen MR) is 104 cm³/mol. The average Bonchev–Trinajstić information content (AvgIpc) is 3.32. The number of H-pyrrole nitrogens is 2. The Bertz CT molecular complexity index is 1430. The van der Waals surface area contributed by atoms with Crippen molar-refractivity contribution in [2.75, 3.05) is 7.11 Å². The molecule has 27 heavy (non-hydrogen) atoms. The minimum atomic E-state index is -0.513. The minimum Gasteiger partial charge on any atom is -0.508 e. The van der Waals surface area contributed by atoms with Gasteiger partial charge in [0.05, 0.1) is 16.6 Å². The summed E-state index contributed by atoms with van der Waals surface area (Å²) in [5.41, 5.74) is 5.09. The van der Waals surface area contributed by atoms with Gasteiger partial charge in [-0.2, -0.15) is 0 Å². The Morgan fingerprint density at radius 1 is 0.963 bits per heavy atom. The number of fused-ring (bicyclic) bond motifs is 10. The van der Waals surface area contributed by atoms with Gasteiger partial charge in [0.2, 0.25) is 0 Å². The monoisotopic (exact) mass is 357 g/mol. The molecule has 1 atom stereocenters. The molecule has 3 heterocycles. The zero-order valence-electron chi connectivity index (χ0n) is 14.4. The standard InChI is InChI=1S/C21H15N3O3/c1-27-21-17-14-10-4-2-3-5-12(10)22-18(14)19-15(16(17)20(26)24-21)11-8-9(25)6-7-13(11)23-19/h2-8,21-23,25H,1H3,(H,24,26). The second-order valence-electron chi connectivity index (χ2n) is 6.90. The van der Waals surface area contributed by atoms with E-state index in [9.17, 15) is 9.90 Å². The Hall–Kier alpha value is -3.51. The third-order valence-corrected chi connectivity index (χ3v) is 5.51. The highest BCUT2D eigenvalue weighted by atomic mass is 16.5. The van der Waals surface area contributed by atoms with E-state index in [-0.39, 0.29) is 11.7 Å². The highest BCUT2D eigenvalue weighted by molar-refractivity contribution is 6.30. The molecule has 6 nitrogen and oxygen atoms in total. The predicted octanol–water partition coefficient (Wildman–Crippen LogP) is 4.05. The first kappa shape index (κ1) is 14.6. The number of para-hydroxylation sites is 1. The number of phenols is 1. The van der Waals surface area contributed by atoms with E-state index >= 15 is 0 Å². The topological polar surface area (TPSA) is 90.1 Å². The summed E-state index contributed by atoms with van der Waals surface area (Å²) >= 11 is 0. The third-order valence-electron chi connectivity index (χ3n) is 5.51. The summed E-state index contributed by atoms with van der Waals surface area (Å²) in [6, 6.07) is 13.2. The molecule has 0 saturated heterocycles. The molecule has 1 amide bonds. The Morgan fingerprint density at radius 2 is 1.70 bits per heavy atom. The first-order valence-electron chi connectivity index (χ1n) is 8.71. The van der Waals surface area contributed by atoms with Crippen molar-refractivity contribution in [2.24, 2.45) is 0 Å². The summed E-state index contributed by atoms with van der Waals surface area (Å²) in [5.74, 6) is -0.00568. The van der Waals surface area contributed by atoms with Crippen LogP contribution < -0.4 is 5.32 Å². The van der Waals surface area contributed by atoms with Crippen LogP contribution in [0.2, 0.25) is 0 Å². The molecule has 0 saturated carbocycles. The van der Waals surface area contributed by atoms with Gasteiger partial charge in [-0.1, -0.05) is 18.2 Å². The molecule has 0 aliphatic carbocycles. The van der Waals surface area contributed by atoms with Crippen LogP contribution in [0.3, 0.4) is 0 Å². The molecule has 132 valence electrons. The number of nitrogens with one attached hydrogen (secondary N) is 3. The van der Waals surface area contributed by atoms with Gasteiger partial charge in [-0.3, -0.25) is 4.79 Å². The molecule has 6 rings (SSSR count). The lowest BCUT2D eigenvalue weighted by Crippen LogP contribution is -2.20. The number of phenolic OH excluding ortho intramolecular Hbond substituents is 1. The van der Waals surface area contributed by atoms with Gasteiger partial charge in [-0.25, -0.2) is 0 Å². The highest BCUT2D eigenvalue weighted by Crippen LogP contribution is 2.45. The fourth-order valence-electron chi connectivity index (χ4n) is 4.43. The van der Waals surface area contributed by atoms with Gasteiger partial charge in [-0.15, -0.1) is 0 Å². The van der Waals surface area contributed by atoms with Crippen molar-refractivity contribution < 1.29 is 14.6 Å². The molecule has 2 aromatic heterocycles. The lowest BCUT2D eigenvalue weighted by Gasteiger charge is -2.11. The molecule has 4 N–H and O–H groups in total. The number of benzene rings is 3. The lowest BCUT2D eigenvalue weighted by atomic mass is 9.96. The van der Waals surface area contributed by atoms with Crippen LogP contribution in [0, 0.1) is 0 Å². The number of hydrogen-bond acceptors (Lipinski definition) is 3. The lowest BCUT2D eigenvalue weighted by molar-refractivity contribution is 0.0671. The molecule has 1 aliphatic rings. The van der Waals surface area contributed by atoms with E-state index in [0.717, 1.165) is 49.2 Å². The van der Waals surface area contributed by atoms with Crippen LogP contribution in [0.5, 0.6) is 5.75 Å². The molecule has 0 radical (unpaired) electrons. The molecule has 5 aromatic rings. The quantitative estimate of drug-likeness (QED) is 0.365. The van der Waals surface area contributed by atoms with E-state index in [2.05, 4.69) is 15.3 Å². The van der Waals surface area contributed by atoms with Gasteiger partial charge in [0.25, 0.3) is 5.91 Å². The number of methoxy groups -OCH3 is 1. The van der Waals surface area contributed by atoms with Crippen LogP contribution in [-0.2, 0) is 4.74 Å². The minimum absolute atomic E-state index is 0.163. The van der Waals surface area contributed by atoms with Crippen molar-refractivity contribution in [1.29, 1.82) is 0 Å². The van der Waals surface area contributed by atoms with Gasteiger partial charge in [0.15, 0.2) is 6.23 Å². The number of aromatic nitrogens is 2. The third kappa shape index (κ3) is 1.70. The fraction of sp³-hybridized carbons (Fsp3) is 0.0952. The van der Waals surface area contributed by atoms with Crippen molar-refractivity contribution in [3.05, 3.63) is 53.6 Å². The van der Waals surface area contributed by atoms with Crippen LogP contribution in [0.4, 0.5) is 0 Å². The van der Waals surface area contributed by atoms with Gasteiger partial charge in [-0.05, 0) is 24.3 Å². The van der Waals surface area contributed by atoms with Crippen molar-refractivity contribution in [2.45, 2.75) is 6.23 Å². The van der Waals surface area contributed by atoms with E-state index in [4.69, 9.17) is 4.74 Å². The van der Waals surface area contributed by atoms with Gasteiger partial charge in [0, 0.05) is 45.3 Å². The van der Waals surface area contributed by atoms with E-state index in [0.29, 0.717) is 5.56 Å². The van der Waals surface area contributed by atoms with Gasteiger partial charge < -0.3 is 25.1 Å². The molecule has 1 unspecified atom stereocenters. The van der Waals surface area contributed by atoms with Crippen LogP contribution >= 0.6 is 0 Å². The smallest absolute Gasteiger partial charge is 0.254 e. The van der Waals surface area contributed by atoms with Crippen molar-refractivity contribution >= 4 is 49.5 Å². The number of hydrogen-bond donors (Lipinski definition) is 4. The maximum atomic E-state index is 12.9. The first-order valence-corrected chi connectivity index (χ1v) is 8.71. The van der Waals surface area contributed by atoms with Crippen molar-refractivity contribution in [1.82, 2.24) is 15.3 Å². The summed E-state index contributed by atoms with van der Waals surface area (Å²) in [5, 5.41) is 16.6. The van der Waals surface area contributed by atoms with Crippen LogP contribution in [0.25, 0.3) is 43.6 Å². The number of amides is 1. The molecule has 6 heteroatoms. The first-order chi connectivity index (χ1) is 13.2. The highest BCUT2D eigenvalue weighted by Gasteiger charge is 2.35. The number of rotatable bonds is 1. The molecule has 1 aliphatic heterocycles. The van der Waals surface area contributed by atoms with Crippen molar-refractivity contribution in [3.8, 4) is 5.75 Å².